The minimum absolute atomic E-state index is 0.0162. The van der Waals surface area contributed by atoms with Crippen molar-refractivity contribution in [1.82, 2.24) is 0 Å². The normalized spacial score (nSPS) is 16.8. The first-order chi connectivity index (χ1) is 11.1. The maximum Gasteiger partial charge on any atom is 0.310 e. The van der Waals surface area contributed by atoms with Crippen LogP contribution in [0.4, 0.5) is 5.69 Å². The van der Waals surface area contributed by atoms with E-state index < -0.39 is 11.4 Å². The van der Waals surface area contributed by atoms with Gasteiger partial charge in [-0.1, -0.05) is 37.8 Å². The molecule has 0 unspecified atom stereocenters. The van der Waals surface area contributed by atoms with Crippen molar-refractivity contribution in [3.63, 3.8) is 0 Å². The molecule has 1 saturated carbocycles. The lowest BCUT2D eigenvalue weighted by atomic mass is 9.77. The fraction of sp³-hybridized carbons (Fsp3) is 0.500. The van der Waals surface area contributed by atoms with Gasteiger partial charge in [0.1, 0.15) is 0 Å². The Balaban J connectivity index is 2.01. The number of carboxylic acid groups (broad SMARTS) is 1. The molecule has 1 aliphatic rings. The highest BCUT2D eigenvalue weighted by molar-refractivity contribution is 5.94. The second-order valence-corrected chi connectivity index (χ2v) is 6.26. The molecule has 0 aromatic heterocycles. The summed E-state index contributed by atoms with van der Waals surface area (Å²) in [5, 5.41) is 21.0. The van der Waals surface area contributed by atoms with Crippen molar-refractivity contribution in [3.8, 4) is 6.07 Å². The summed E-state index contributed by atoms with van der Waals surface area (Å²) in [5.41, 5.74) is 0.587. The van der Waals surface area contributed by atoms with Gasteiger partial charge in [0.15, 0.2) is 0 Å². The number of nitriles is 1. The molecule has 0 atom stereocenters. The number of nitrogens with zero attached hydrogens (tertiary/aromatic N) is 1. The van der Waals surface area contributed by atoms with Crippen LogP contribution in [0.3, 0.4) is 0 Å². The summed E-state index contributed by atoms with van der Waals surface area (Å²) >= 11 is 0. The van der Waals surface area contributed by atoms with E-state index in [2.05, 4.69) is 11.4 Å². The molecule has 5 nitrogen and oxygen atoms in total. The molecule has 1 aromatic rings. The van der Waals surface area contributed by atoms with Crippen LogP contribution in [0.15, 0.2) is 24.3 Å². The van der Waals surface area contributed by atoms with Gasteiger partial charge < -0.3 is 10.4 Å². The molecular weight excluding hydrogens is 292 g/mol. The molecule has 0 aliphatic heterocycles. The van der Waals surface area contributed by atoms with Gasteiger partial charge in [0.05, 0.1) is 17.9 Å². The quantitative estimate of drug-likeness (QED) is 0.814. The highest BCUT2D eigenvalue weighted by Gasteiger charge is 2.40. The van der Waals surface area contributed by atoms with E-state index in [4.69, 9.17) is 5.26 Å². The Labute approximate surface area is 136 Å². The van der Waals surface area contributed by atoms with Crippen LogP contribution < -0.4 is 5.32 Å². The molecule has 1 aliphatic carbocycles. The minimum atomic E-state index is -0.929. The second kappa shape index (κ2) is 7.77. The second-order valence-electron chi connectivity index (χ2n) is 6.26. The fourth-order valence-electron chi connectivity index (χ4n) is 3.18. The topological polar surface area (TPSA) is 90.2 Å². The zero-order valence-electron chi connectivity index (χ0n) is 13.2. The monoisotopic (exact) mass is 314 g/mol. The van der Waals surface area contributed by atoms with Crippen LogP contribution in [0.1, 0.15) is 50.5 Å². The smallest absolute Gasteiger partial charge is 0.310 e. The van der Waals surface area contributed by atoms with Gasteiger partial charge in [-0.05, 0) is 30.5 Å². The number of benzene rings is 1. The van der Waals surface area contributed by atoms with Gasteiger partial charge in [-0.2, -0.15) is 5.26 Å². The molecule has 0 spiro atoms. The van der Waals surface area contributed by atoms with E-state index in [-0.39, 0.29) is 12.3 Å². The molecule has 1 fully saturated rings. The number of amides is 1. The molecule has 1 aromatic carbocycles. The highest BCUT2D eigenvalue weighted by Crippen LogP contribution is 2.38. The largest absolute Gasteiger partial charge is 0.481 e. The Morgan fingerprint density at radius 2 is 1.74 bits per heavy atom. The van der Waals surface area contributed by atoms with Crippen molar-refractivity contribution in [1.29, 1.82) is 5.26 Å². The van der Waals surface area contributed by atoms with Crippen LogP contribution in [0.25, 0.3) is 0 Å². The molecular formula is C18H22N2O3. The van der Waals surface area contributed by atoms with Crippen LogP contribution in [0.2, 0.25) is 0 Å². The predicted molar refractivity (Wildman–Crippen MR) is 86.8 cm³/mol. The predicted octanol–water partition coefficient (Wildman–Crippen LogP) is 3.51. The van der Waals surface area contributed by atoms with Crippen molar-refractivity contribution in [3.05, 3.63) is 29.8 Å². The van der Waals surface area contributed by atoms with Crippen LogP contribution in [-0.2, 0) is 16.0 Å². The van der Waals surface area contributed by atoms with Crippen LogP contribution in [0, 0.1) is 16.7 Å². The number of hydrogen-bond acceptors (Lipinski definition) is 3. The molecule has 122 valence electrons. The molecule has 0 radical (unpaired) electrons. The molecule has 0 bridgehead atoms. The first-order valence-electron chi connectivity index (χ1n) is 8.05. The molecule has 0 saturated heterocycles. The maximum atomic E-state index is 12.3. The number of carbonyl (C=O) groups excluding carboxylic acids is 1. The Kier molecular flexibility index (Phi) is 5.75. The van der Waals surface area contributed by atoms with Crippen LogP contribution >= 0.6 is 0 Å². The van der Waals surface area contributed by atoms with E-state index in [1.165, 1.54) is 0 Å². The first-order valence-corrected chi connectivity index (χ1v) is 8.05. The van der Waals surface area contributed by atoms with Gasteiger partial charge in [-0.25, -0.2) is 0 Å². The molecule has 2 rings (SSSR count). The van der Waals surface area contributed by atoms with Crippen molar-refractivity contribution in [2.75, 3.05) is 5.32 Å². The zero-order valence-corrected chi connectivity index (χ0v) is 13.2. The lowest BCUT2D eigenvalue weighted by Crippen LogP contribution is -2.35. The summed E-state index contributed by atoms with van der Waals surface area (Å²) in [6, 6.07) is 9.13. The third kappa shape index (κ3) is 4.56. The van der Waals surface area contributed by atoms with E-state index in [9.17, 15) is 14.7 Å². The number of hydrogen-bond donors (Lipinski definition) is 2. The summed E-state index contributed by atoms with van der Waals surface area (Å²) in [6.45, 7) is 0. The van der Waals surface area contributed by atoms with E-state index in [1.54, 1.807) is 24.3 Å². The Morgan fingerprint density at radius 3 is 2.26 bits per heavy atom. The van der Waals surface area contributed by atoms with Gasteiger partial charge in [0, 0.05) is 12.1 Å². The Bertz CT molecular complexity index is 594. The van der Waals surface area contributed by atoms with Gasteiger partial charge in [0.2, 0.25) is 5.91 Å². The fourth-order valence-corrected chi connectivity index (χ4v) is 3.18. The number of carbonyl (C=O) groups is 2. The lowest BCUT2D eigenvalue weighted by Gasteiger charge is -2.27. The molecule has 2 N–H and O–H groups in total. The molecule has 1 amide bonds. The Morgan fingerprint density at radius 1 is 1.13 bits per heavy atom. The van der Waals surface area contributed by atoms with Crippen LogP contribution in [0.5, 0.6) is 0 Å². The average Bonchev–Trinajstić information content (AvgIpc) is 2.76. The summed E-state index contributed by atoms with van der Waals surface area (Å²) < 4.78 is 0. The Hall–Kier alpha value is -2.35. The van der Waals surface area contributed by atoms with E-state index >= 15 is 0 Å². The van der Waals surface area contributed by atoms with E-state index in [0.29, 0.717) is 24.9 Å². The zero-order chi connectivity index (χ0) is 16.7. The van der Waals surface area contributed by atoms with Crippen molar-refractivity contribution >= 4 is 17.6 Å². The SMILES string of the molecule is N#CCc1ccc(NC(=O)CC2(C(=O)O)CCCCCC2)cc1. The standard InChI is InChI=1S/C18H22N2O3/c19-12-9-14-5-7-15(8-6-14)20-16(21)13-18(17(22)23)10-3-1-2-4-11-18/h5-8H,1-4,9-11,13H2,(H,20,21)(H,22,23). The maximum absolute atomic E-state index is 12.3. The van der Waals surface area contributed by atoms with Crippen LogP contribution in [-0.4, -0.2) is 17.0 Å². The summed E-state index contributed by atoms with van der Waals surface area (Å²) in [7, 11) is 0. The number of anilines is 1. The summed E-state index contributed by atoms with van der Waals surface area (Å²) in [6.07, 6.45) is 5.28. The van der Waals surface area contributed by atoms with Crippen molar-refractivity contribution < 1.29 is 14.7 Å². The number of rotatable bonds is 5. The third-order valence-corrected chi connectivity index (χ3v) is 4.53. The minimum Gasteiger partial charge on any atom is -0.481 e. The molecule has 5 heteroatoms. The van der Waals surface area contributed by atoms with E-state index in [0.717, 1.165) is 31.2 Å². The van der Waals surface area contributed by atoms with E-state index in [1.807, 2.05) is 0 Å². The average molecular weight is 314 g/mol. The molecule has 0 heterocycles. The lowest BCUT2D eigenvalue weighted by molar-refractivity contribution is -0.152. The van der Waals surface area contributed by atoms with Crippen molar-refractivity contribution in [2.45, 2.75) is 51.4 Å². The molecule has 23 heavy (non-hydrogen) atoms. The highest BCUT2D eigenvalue weighted by atomic mass is 16.4. The van der Waals surface area contributed by atoms with Gasteiger partial charge >= 0.3 is 5.97 Å². The van der Waals surface area contributed by atoms with Crippen molar-refractivity contribution in [2.24, 2.45) is 5.41 Å². The van der Waals surface area contributed by atoms with Gasteiger partial charge in [-0.3, -0.25) is 9.59 Å². The number of carboxylic acids is 1. The first kappa shape index (κ1) is 17.0. The number of aliphatic carboxylic acids is 1. The third-order valence-electron chi connectivity index (χ3n) is 4.53. The van der Waals surface area contributed by atoms with Gasteiger partial charge in [0.25, 0.3) is 0 Å². The van der Waals surface area contributed by atoms with Gasteiger partial charge in [-0.15, -0.1) is 0 Å². The summed E-state index contributed by atoms with van der Waals surface area (Å²) in [5.74, 6) is -1.12. The number of nitrogens with one attached hydrogen (secondary N) is 1. The summed E-state index contributed by atoms with van der Waals surface area (Å²) in [4.78, 5) is 24.0.